The average molecular weight is 302 g/mol. The molecule has 0 unspecified atom stereocenters. The topological polar surface area (TPSA) is 49.4 Å². The predicted octanol–water partition coefficient (Wildman–Crippen LogP) is 2.30. The van der Waals surface area contributed by atoms with Gasteiger partial charge in [0, 0.05) is 25.0 Å². The first-order valence-corrected chi connectivity index (χ1v) is 8.09. The van der Waals surface area contributed by atoms with E-state index in [1.165, 1.54) is 5.56 Å². The Labute approximate surface area is 132 Å². The van der Waals surface area contributed by atoms with Gasteiger partial charge in [0.05, 0.1) is 6.42 Å². The zero-order valence-corrected chi connectivity index (χ0v) is 13.8. The van der Waals surface area contributed by atoms with Gasteiger partial charge < -0.3 is 10.2 Å². The molecule has 1 aromatic carbocycles. The Bertz CT molecular complexity index is 532. The number of piperidine rings is 1. The van der Waals surface area contributed by atoms with Crippen molar-refractivity contribution >= 4 is 11.8 Å². The van der Waals surface area contributed by atoms with Crippen LogP contribution in [0.15, 0.2) is 24.3 Å². The lowest BCUT2D eigenvalue weighted by Gasteiger charge is -2.33. The maximum absolute atomic E-state index is 12.1. The molecule has 1 heterocycles. The van der Waals surface area contributed by atoms with Gasteiger partial charge in [0.15, 0.2) is 0 Å². The molecule has 4 nitrogen and oxygen atoms in total. The molecule has 0 aliphatic carbocycles. The van der Waals surface area contributed by atoms with Crippen LogP contribution in [-0.2, 0) is 16.0 Å². The van der Waals surface area contributed by atoms with Gasteiger partial charge in [-0.1, -0.05) is 43.7 Å². The van der Waals surface area contributed by atoms with E-state index in [2.05, 4.69) is 5.32 Å². The molecule has 120 valence electrons. The lowest BCUT2D eigenvalue weighted by molar-refractivity contribution is -0.135. The zero-order chi connectivity index (χ0) is 16.1. The van der Waals surface area contributed by atoms with Crippen LogP contribution in [0.2, 0.25) is 0 Å². The molecule has 0 saturated carbocycles. The maximum Gasteiger partial charge on any atom is 0.225 e. The van der Waals surface area contributed by atoms with Crippen LogP contribution in [-0.4, -0.2) is 35.8 Å². The van der Waals surface area contributed by atoms with E-state index in [-0.39, 0.29) is 23.8 Å². The van der Waals surface area contributed by atoms with Crippen molar-refractivity contribution in [3.8, 4) is 0 Å². The SMILES string of the molecule is Cc1cccc(CC(=O)NC2CCN(C(=O)C(C)C)CC2)c1. The summed E-state index contributed by atoms with van der Waals surface area (Å²) in [7, 11) is 0. The van der Waals surface area contributed by atoms with Crippen LogP contribution in [0, 0.1) is 12.8 Å². The normalized spacial score (nSPS) is 15.9. The van der Waals surface area contributed by atoms with Crippen molar-refractivity contribution in [3.63, 3.8) is 0 Å². The molecule has 0 aromatic heterocycles. The highest BCUT2D eigenvalue weighted by molar-refractivity contribution is 5.79. The number of hydrogen-bond acceptors (Lipinski definition) is 2. The number of carbonyl (C=O) groups excluding carboxylic acids is 2. The molecule has 22 heavy (non-hydrogen) atoms. The van der Waals surface area contributed by atoms with E-state index in [1.54, 1.807) is 0 Å². The third kappa shape index (κ3) is 4.58. The van der Waals surface area contributed by atoms with Crippen LogP contribution >= 0.6 is 0 Å². The van der Waals surface area contributed by atoms with Crippen molar-refractivity contribution in [3.05, 3.63) is 35.4 Å². The Morgan fingerprint density at radius 3 is 2.55 bits per heavy atom. The Hall–Kier alpha value is -1.84. The number of nitrogens with zero attached hydrogens (tertiary/aromatic N) is 1. The van der Waals surface area contributed by atoms with Crippen molar-refractivity contribution < 1.29 is 9.59 Å². The van der Waals surface area contributed by atoms with Crippen LogP contribution in [0.5, 0.6) is 0 Å². The fourth-order valence-electron chi connectivity index (χ4n) is 2.90. The van der Waals surface area contributed by atoms with Gasteiger partial charge in [-0.05, 0) is 25.3 Å². The number of rotatable bonds is 4. The summed E-state index contributed by atoms with van der Waals surface area (Å²) in [4.78, 5) is 26.0. The molecule has 0 radical (unpaired) electrons. The fourth-order valence-corrected chi connectivity index (χ4v) is 2.90. The summed E-state index contributed by atoms with van der Waals surface area (Å²) in [6.45, 7) is 7.37. The molecule has 1 N–H and O–H groups in total. The minimum Gasteiger partial charge on any atom is -0.353 e. The smallest absolute Gasteiger partial charge is 0.225 e. The first-order valence-electron chi connectivity index (χ1n) is 8.09. The van der Waals surface area contributed by atoms with Crippen molar-refractivity contribution in [1.82, 2.24) is 10.2 Å². The Kier molecular flexibility index (Phi) is 5.58. The second kappa shape index (κ2) is 7.43. The summed E-state index contributed by atoms with van der Waals surface area (Å²) >= 11 is 0. The second-order valence-corrected chi connectivity index (χ2v) is 6.49. The molecule has 1 aromatic rings. The second-order valence-electron chi connectivity index (χ2n) is 6.49. The van der Waals surface area contributed by atoms with Crippen molar-refractivity contribution in [2.24, 2.45) is 5.92 Å². The maximum atomic E-state index is 12.1. The molecular formula is C18H26N2O2. The Morgan fingerprint density at radius 1 is 1.27 bits per heavy atom. The summed E-state index contributed by atoms with van der Waals surface area (Å²) in [6, 6.07) is 8.23. The van der Waals surface area contributed by atoms with Gasteiger partial charge in [-0.25, -0.2) is 0 Å². The van der Waals surface area contributed by atoms with Crippen molar-refractivity contribution in [2.75, 3.05) is 13.1 Å². The van der Waals surface area contributed by atoms with Crippen LogP contribution < -0.4 is 5.32 Å². The highest BCUT2D eigenvalue weighted by atomic mass is 16.2. The van der Waals surface area contributed by atoms with Gasteiger partial charge >= 0.3 is 0 Å². The monoisotopic (exact) mass is 302 g/mol. The molecular weight excluding hydrogens is 276 g/mol. The number of hydrogen-bond donors (Lipinski definition) is 1. The quantitative estimate of drug-likeness (QED) is 0.928. The molecule has 1 aliphatic heterocycles. The van der Waals surface area contributed by atoms with Crippen LogP contribution in [0.4, 0.5) is 0 Å². The summed E-state index contributed by atoms with van der Waals surface area (Å²) in [5, 5.41) is 3.10. The van der Waals surface area contributed by atoms with Crippen molar-refractivity contribution in [2.45, 2.75) is 46.1 Å². The standard InChI is InChI=1S/C18H26N2O2/c1-13(2)18(22)20-9-7-16(8-10-20)19-17(21)12-15-6-4-5-14(3)11-15/h4-6,11,13,16H,7-10,12H2,1-3H3,(H,19,21). The molecule has 2 amide bonds. The number of carbonyl (C=O) groups is 2. The highest BCUT2D eigenvalue weighted by Gasteiger charge is 2.24. The Morgan fingerprint density at radius 2 is 1.95 bits per heavy atom. The summed E-state index contributed by atoms with van der Waals surface area (Å²) < 4.78 is 0. The summed E-state index contributed by atoms with van der Waals surface area (Å²) in [5.74, 6) is 0.330. The van der Waals surface area contributed by atoms with E-state index >= 15 is 0 Å². The number of likely N-dealkylation sites (tertiary alicyclic amines) is 1. The summed E-state index contributed by atoms with van der Waals surface area (Å²) in [5.41, 5.74) is 2.22. The predicted molar refractivity (Wildman–Crippen MR) is 87.5 cm³/mol. The molecule has 4 heteroatoms. The van der Waals surface area contributed by atoms with E-state index in [4.69, 9.17) is 0 Å². The van der Waals surface area contributed by atoms with Gasteiger partial charge in [0.25, 0.3) is 0 Å². The first kappa shape index (κ1) is 16.5. The van der Waals surface area contributed by atoms with E-state index in [0.717, 1.165) is 31.5 Å². The molecule has 1 saturated heterocycles. The molecule has 1 aliphatic rings. The van der Waals surface area contributed by atoms with Gasteiger partial charge in [-0.15, -0.1) is 0 Å². The van der Waals surface area contributed by atoms with E-state index in [9.17, 15) is 9.59 Å². The van der Waals surface area contributed by atoms with E-state index in [0.29, 0.717) is 6.42 Å². The zero-order valence-electron chi connectivity index (χ0n) is 13.8. The average Bonchev–Trinajstić information content (AvgIpc) is 2.47. The largest absolute Gasteiger partial charge is 0.353 e. The Balaban J connectivity index is 1.78. The fraction of sp³-hybridized carbons (Fsp3) is 0.556. The minimum atomic E-state index is 0.0486. The minimum absolute atomic E-state index is 0.0486. The molecule has 2 rings (SSSR count). The van der Waals surface area contributed by atoms with Crippen LogP contribution in [0.1, 0.15) is 37.8 Å². The number of aryl methyl sites for hydroxylation is 1. The third-order valence-electron chi connectivity index (χ3n) is 4.11. The third-order valence-corrected chi connectivity index (χ3v) is 4.11. The van der Waals surface area contributed by atoms with Gasteiger partial charge in [0.1, 0.15) is 0 Å². The number of nitrogens with one attached hydrogen (secondary N) is 1. The molecule has 1 fully saturated rings. The van der Waals surface area contributed by atoms with Gasteiger partial charge in [0.2, 0.25) is 11.8 Å². The van der Waals surface area contributed by atoms with Gasteiger partial charge in [-0.2, -0.15) is 0 Å². The summed E-state index contributed by atoms with van der Waals surface area (Å²) in [6.07, 6.45) is 2.11. The lowest BCUT2D eigenvalue weighted by atomic mass is 10.0. The molecule has 0 bridgehead atoms. The molecule has 0 spiro atoms. The molecule has 0 atom stereocenters. The van der Waals surface area contributed by atoms with E-state index in [1.807, 2.05) is 49.9 Å². The van der Waals surface area contributed by atoms with Crippen LogP contribution in [0.3, 0.4) is 0 Å². The van der Waals surface area contributed by atoms with Crippen molar-refractivity contribution in [1.29, 1.82) is 0 Å². The first-order chi connectivity index (χ1) is 10.5. The van der Waals surface area contributed by atoms with Crippen LogP contribution in [0.25, 0.3) is 0 Å². The lowest BCUT2D eigenvalue weighted by Crippen LogP contribution is -2.47. The van der Waals surface area contributed by atoms with Gasteiger partial charge in [-0.3, -0.25) is 9.59 Å². The van der Waals surface area contributed by atoms with E-state index < -0.39 is 0 Å². The number of amides is 2. The highest BCUT2D eigenvalue weighted by Crippen LogP contribution is 2.13. The number of benzene rings is 1.